The number of H-pyrrole nitrogens is 1. The maximum absolute atomic E-state index is 12.2. The van der Waals surface area contributed by atoms with Crippen LogP contribution in [0.25, 0.3) is 11.3 Å². The first-order valence-corrected chi connectivity index (χ1v) is 8.78. The van der Waals surface area contributed by atoms with Crippen LogP contribution in [0, 0.1) is 13.8 Å². The topological polar surface area (TPSA) is 86.9 Å². The summed E-state index contributed by atoms with van der Waals surface area (Å²) < 4.78 is 0. The Labute approximate surface area is 158 Å². The SMILES string of the molecule is Cc1ccc(NC(=O)CCNC(=O)c2ccc(-c3ccn[nH]3)cc2)c(C)c1. The fourth-order valence-corrected chi connectivity index (χ4v) is 2.78. The molecular formula is C21H22N4O2. The number of nitrogens with zero attached hydrogens (tertiary/aromatic N) is 1. The van der Waals surface area contributed by atoms with E-state index in [-0.39, 0.29) is 24.8 Å². The van der Waals surface area contributed by atoms with E-state index in [4.69, 9.17) is 0 Å². The molecule has 0 saturated carbocycles. The Morgan fingerprint density at radius 3 is 2.48 bits per heavy atom. The predicted molar refractivity (Wildman–Crippen MR) is 106 cm³/mol. The molecule has 0 atom stereocenters. The molecule has 0 unspecified atom stereocenters. The van der Waals surface area contributed by atoms with Crippen molar-refractivity contribution in [3.05, 3.63) is 71.4 Å². The van der Waals surface area contributed by atoms with Crippen molar-refractivity contribution in [3.8, 4) is 11.3 Å². The molecule has 0 aliphatic heterocycles. The quantitative estimate of drug-likeness (QED) is 0.628. The minimum Gasteiger partial charge on any atom is -0.352 e. The highest BCUT2D eigenvalue weighted by molar-refractivity contribution is 5.95. The first-order valence-electron chi connectivity index (χ1n) is 8.78. The zero-order chi connectivity index (χ0) is 19.2. The largest absolute Gasteiger partial charge is 0.352 e. The van der Waals surface area contributed by atoms with Gasteiger partial charge >= 0.3 is 0 Å². The zero-order valence-electron chi connectivity index (χ0n) is 15.4. The van der Waals surface area contributed by atoms with Crippen LogP contribution >= 0.6 is 0 Å². The van der Waals surface area contributed by atoms with E-state index >= 15 is 0 Å². The Hall–Kier alpha value is -3.41. The summed E-state index contributed by atoms with van der Waals surface area (Å²) in [7, 11) is 0. The van der Waals surface area contributed by atoms with Gasteiger partial charge in [0.1, 0.15) is 0 Å². The summed E-state index contributed by atoms with van der Waals surface area (Å²) in [4.78, 5) is 24.3. The molecule has 0 fully saturated rings. The van der Waals surface area contributed by atoms with Gasteiger partial charge in [0.2, 0.25) is 5.91 Å². The molecular weight excluding hydrogens is 340 g/mol. The standard InChI is InChI=1S/C21H22N4O2/c1-14-3-8-18(15(2)13-14)24-20(26)10-11-22-21(27)17-6-4-16(5-7-17)19-9-12-23-25-19/h3-9,12-13H,10-11H2,1-2H3,(H,22,27)(H,23,25)(H,24,26). The lowest BCUT2D eigenvalue weighted by molar-refractivity contribution is -0.116. The number of anilines is 1. The van der Waals surface area contributed by atoms with Crippen LogP contribution < -0.4 is 10.6 Å². The van der Waals surface area contributed by atoms with E-state index in [0.717, 1.165) is 28.1 Å². The van der Waals surface area contributed by atoms with Gasteiger partial charge in [0.15, 0.2) is 0 Å². The number of rotatable bonds is 6. The monoisotopic (exact) mass is 362 g/mol. The van der Waals surface area contributed by atoms with Gasteiger partial charge in [0.05, 0.1) is 5.69 Å². The third kappa shape index (κ3) is 4.82. The van der Waals surface area contributed by atoms with Crippen LogP contribution in [0.5, 0.6) is 0 Å². The van der Waals surface area contributed by atoms with Gasteiger partial charge in [-0.1, -0.05) is 29.8 Å². The van der Waals surface area contributed by atoms with Crippen molar-refractivity contribution < 1.29 is 9.59 Å². The van der Waals surface area contributed by atoms with E-state index in [1.165, 1.54) is 0 Å². The van der Waals surface area contributed by atoms with Crippen LogP contribution in [0.3, 0.4) is 0 Å². The highest BCUT2D eigenvalue weighted by atomic mass is 16.2. The summed E-state index contributed by atoms with van der Waals surface area (Å²) in [6, 6.07) is 14.9. The van der Waals surface area contributed by atoms with Crippen LogP contribution in [0.2, 0.25) is 0 Å². The van der Waals surface area contributed by atoms with E-state index in [9.17, 15) is 9.59 Å². The van der Waals surface area contributed by atoms with Crippen molar-refractivity contribution >= 4 is 17.5 Å². The van der Waals surface area contributed by atoms with Crippen LogP contribution in [0.15, 0.2) is 54.7 Å². The van der Waals surface area contributed by atoms with E-state index < -0.39 is 0 Å². The van der Waals surface area contributed by atoms with Gasteiger partial charge in [0, 0.05) is 30.4 Å². The normalized spacial score (nSPS) is 10.4. The second-order valence-electron chi connectivity index (χ2n) is 6.42. The molecule has 3 N–H and O–H groups in total. The van der Waals surface area contributed by atoms with Crippen molar-refractivity contribution in [2.75, 3.05) is 11.9 Å². The van der Waals surface area contributed by atoms with Gasteiger partial charge in [-0.2, -0.15) is 5.10 Å². The minimum atomic E-state index is -0.203. The molecule has 27 heavy (non-hydrogen) atoms. The molecule has 0 saturated heterocycles. The van der Waals surface area contributed by atoms with E-state index in [1.807, 2.05) is 50.2 Å². The van der Waals surface area contributed by atoms with Crippen LogP contribution in [0.1, 0.15) is 27.9 Å². The average Bonchev–Trinajstić information content (AvgIpc) is 3.19. The lowest BCUT2D eigenvalue weighted by atomic mass is 10.1. The molecule has 138 valence electrons. The molecule has 2 aromatic carbocycles. The Balaban J connectivity index is 1.48. The number of carbonyl (C=O) groups is 2. The molecule has 0 radical (unpaired) electrons. The molecule has 1 heterocycles. The third-order valence-corrected chi connectivity index (χ3v) is 4.25. The molecule has 0 aliphatic rings. The van der Waals surface area contributed by atoms with Gasteiger partial charge in [-0.3, -0.25) is 14.7 Å². The number of carbonyl (C=O) groups excluding carboxylic acids is 2. The smallest absolute Gasteiger partial charge is 0.251 e. The third-order valence-electron chi connectivity index (χ3n) is 4.25. The fraction of sp³-hybridized carbons (Fsp3) is 0.190. The zero-order valence-corrected chi connectivity index (χ0v) is 15.4. The lowest BCUT2D eigenvalue weighted by Crippen LogP contribution is -2.27. The number of benzene rings is 2. The number of aromatic amines is 1. The Morgan fingerprint density at radius 1 is 1.04 bits per heavy atom. The minimum absolute atomic E-state index is 0.128. The number of hydrogen-bond acceptors (Lipinski definition) is 3. The Morgan fingerprint density at radius 2 is 1.81 bits per heavy atom. The summed E-state index contributed by atoms with van der Waals surface area (Å²) in [5.74, 6) is -0.331. The van der Waals surface area contributed by atoms with Gasteiger partial charge in [-0.25, -0.2) is 0 Å². The lowest BCUT2D eigenvalue weighted by Gasteiger charge is -2.10. The highest BCUT2D eigenvalue weighted by Gasteiger charge is 2.09. The van der Waals surface area contributed by atoms with Gasteiger partial charge in [-0.15, -0.1) is 0 Å². The Bertz CT molecular complexity index is 931. The van der Waals surface area contributed by atoms with Crippen LogP contribution in [-0.2, 0) is 4.79 Å². The van der Waals surface area contributed by atoms with Gasteiger partial charge < -0.3 is 10.6 Å². The fourth-order valence-electron chi connectivity index (χ4n) is 2.78. The van der Waals surface area contributed by atoms with Crippen molar-refractivity contribution in [2.45, 2.75) is 20.3 Å². The number of hydrogen-bond donors (Lipinski definition) is 3. The average molecular weight is 362 g/mol. The summed E-state index contributed by atoms with van der Waals surface area (Å²) in [5.41, 5.74) is 5.36. The van der Waals surface area contributed by atoms with Gasteiger partial charge in [0.25, 0.3) is 5.91 Å². The highest BCUT2D eigenvalue weighted by Crippen LogP contribution is 2.17. The maximum atomic E-state index is 12.2. The number of nitrogens with one attached hydrogen (secondary N) is 3. The van der Waals surface area contributed by atoms with E-state index in [1.54, 1.807) is 18.3 Å². The molecule has 3 rings (SSSR count). The van der Waals surface area contributed by atoms with Gasteiger partial charge in [-0.05, 0) is 49.2 Å². The Kier molecular flexibility index (Phi) is 5.66. The second kappa shape index (κ2) is 8.31. The molecule has 2 amide bonds. The molecule has 0 spiro atoms. The maximum Gasteiger partial charge on any atom is 0.251 e. The second-order valence-corrected chi connectivity index (χ2v) is 6.42. The van der Waals surface area contributed by atoms with Crippen LogP contribution in [-0.4, -0.2) is 28.6 Å². The first-order chi connectivity index (χ1) is 13.0. The number of amides is 2. The van der Waals surface area contributed by atoms with Crippen molar-refractivity contribution in [2.24, 2.45) is 0 Å². The van der Waals surface area contributed by atoms with E-state index in [2.05, 4.69) is 20.8 Å². The van der Waals surface area contributed by atoms with Crippen molar-refractivity contribution in [1.29, 1.82) is 0 Å². The van der Waals surface area contributed by atoms with E-state index in [0.29, 0.717) is 5.56 Å². The summed E-state index contributed by atoms with van der Waals surface area (Å²) in [6.45, 7) is 4.24. The summed E-state index contributed by atoms with van der Waals surface area (Å²) >= 11 is 0. The molecule has 1 aromatic heterocycles. The predicted octanol–water partition coefficient (Wildman–Crippen LogP) is 3.45. The summed E-state index contributed by atoms with van der Waals surface area (Å²) in [5, 5.41) is 12.4. The number of aryl methyl sites for hydroxylation is 2. The summed E-state index contributed by atoms with van der Waals surface area (Å²) in [6.07, 6.45) is 1.89. The first kappa shape index (κ1) is 18.4. The van der Waals surface area contributed by atoms with Crippen molar-refractivity contribution in [1.82, 2.24) is 15.5 Å². The molecule has 0 bridgehead atoms. The molecule has 6 heteroatoms. The molecule has 3 aromatic rings. The van der Waals surface area contributed by atoms with Crippen LogP contribution in [0.4, 0.5) is 5.69 Å². The molecule has 0 aliphatic carbocycles. The molecule has 6 nitrogen and oxygen atoms in total. The van der Waals surface area contributed by atoms with Crippen molar-refractivity contribution in [3.63, 3.8) is 0 Å². The number of aromatic nitrogens is 2.